The van der Waals surface area contributed by atoms with Gasteiger partial charge in [0.2, 0.25) is 0 Å². The number of halogens is 1. The number of benzene rings is 2. The Bertz CT molecular complexity index is 611. The summed E-state index contributed by atoms with van der Waals surface area (Å²) in [6.07, 6.45) is -0.569. The number of aryl methyl sites for hydroxylation is 1. The molecule has 20 heavy (non-hydrogen) atoms. The van der Waals surface area contributed by atoms with Crippen LogP contribution in [0.4, 0.5) is 10.5 Å². The molecular weight excluding hydrogens is 278 g/mol. The number of hydrogen-bond acceptors (Lipinski definition) is 3. The van der Waals surface area contributed by atoms with Crippen LogP contribution in [-0.4, -0.2) is 13.2 Å². The van der Waals surface area contributed by atoms with Crippen molar-refractivity contribution in [1.82, 2.24) is 0 Å². The molecule has 0 spiro atoms. The molecule has 4 nitrogen and oxygen atoms in total. The second kappa shape index (κ2) is 6.30. The van der Waals surface area contributed by atoms with Crippen molar-refractivity contribution in [2.24, 2.45) is 0 Å². The molecule has 0 heterocycles. The number of ether oxygens (including phenoxy) is 2. The monoisotopic (exact) mass is 291 g/mol. The van der Waals surface area contributed by atoms with E-state index in [-0.39, 0.29) is 0 Å². The van der Waals surface area contributed by atoms with Crippen LogP contribution < -0.4 is 14.8 Å². The topological polar surface area (TPSA) is 47.6 Å². The average molecular weight is 292 g/mol. The van der Waals surface area contributed by atoms with Gasteiger partial charge in [-0.3, -0.25) is 5.32 Å². The lowest BCUT2D eigenvalue weighted by molar-refractivity contribution is 0.215. The fraction of sp³-hybridized carbons (Fsp3) is 0.133. The van der Waals surface area contributed by atoms with Gasteiger partial charge in [-0.05, 0) is 48.9 Å². The van der Waals surface area contributed by atoms with Gasteiger partial charge in [0.1, 0.15) is 11.5 Å². The number of anilines is 1. The molecule has 2 aromatic rings. The molecule has 0 aromatic heterocycles. The molecule has 0 saturated heterocycles. The molecule has 0 bridgehead atoms. The predicted octanol–water partition coefficient (Wildman–Crippen LogP) is 4.27. The van der Waals surface area contributed by atoms with Gasteiger partial charge >= 0.3 is 6.09 Å². The van der Waals surface area contributed by atoms with Gasteiger partial charge in [0.25, 0.3) is 0 Å². The first kappa shape index (κ1) is 14.2. The van der Waals surface area contributed by atoms with Crippen molar-refractivity contribution >= 4 is 23.4 Å². The Labute approximate surface area is 122 Å². The SMILES string of the molecule is COc1ccc(OC(=O)Nc2cc(Cl)ccc2C)cc1. The molecule has 0 aliphatic rings. The van der Waals surface area contributed by atoms with E-state index in [2.05, 4.69) is 5.32 Å². The molecular formula is C15H14ClNO3. The molecule has 2 rings (SSSR count). The summed E-state index contributed by atoms with van der Waals surface area (Å²) in [5, 5.41) is 3.20. The van der Waals surface area contributed by atoms with Crippen LogP contribution in [0.25, 0.3) is 0 Å². The summed E-state index contributed by atoms with van der Waals surface area (Å²) >= 11 is 5.89. The highest BCUT2D eigenvalue weighted by molar-refractivity contribution is 6.31. The molecule has 104 valence electrons. The van der Waals surface area contributed by atoms with Crippen molar-refractivity contribution in [3.05, 3.63) is 53.1 Å². The minimum Gasteiger partial charge on any atom is -0.497 e. The van der Waals surface area contributed by atoms with Crippen LogP contribution in [0.2, 0.25) is 5.02 Å². The van der Waals surface area contributed by atoms with Crippen LogP contribution in [-0.2, 0) is 0 Å². The first-order valence-corrected chi connectivity index (χ1v) is 6.35. The number of methoxy groups -OCH3 is 1. The quantitative estimate of drug-likeness (QED) is 0.919. The van der Waals surface area contributed by atoms with Crippen LogP contribution in [0.3, 0.4) is 0 Å². The Morgan fingerprint density at radius 1 is 1.10 bits per heavy atom. The van der Waals surface area contributed by atoms with E-state index < -0.39 is 6.09 Å². The zero-order valence-electron chi connectivity index (χ0n) is 11.1. The van der Waals surface area contributed by atoms with E-state index in [1.54, 1.807) is 43.5 Å². The van der Waals surface area contributed by atoms with Crippen LogP contribution in [0.15, 0.2) is 42.5 Å². The van der Waals surface area contributed by atoms with E-state index >= 15 is 0 Å². The zero-order chi connectivity index (χ0) is 14.5. The van der Waals surface area contributed by atoms with Crippen molar-refractivity contribution in [2.75, 3.05) is 12.4 Å². The first-order valence-electron chi connectivity index (χ1n) is 5.97. The Morgan fingerprint density at radius 3 is 2.40 bits per heavy atom. The molecule has 0 aliphatic heterocycles. The summed E-state index contributed by atoms with van der Waals surface area (Å²) < 4.78 is 10.2. The fourth-order valence-electron chi connectivity index (χ4n) is 1.62. The van der Waals surface area contributed by atoms with Gasteiger partial charge in [-0.1, -0.05) is 17.7 Å². The molecule has 2 aromatic carbocycles. The lowest BCUT2D eigenvalue weighted by atomic mass is 10.2. The van der Waals surface area contributed by atoms with Crippen molar-refractivity contribution in [3.8, 4) is 11.5 Å². The summed E-state index contributed by atoms with van der Waals surface area (Å²) in [6.45, 7) is 1.87. The van der Waals surface area contributed by atoms with Crippen molar-refractivity contribution in [3.63, 3.8) is 0 Å². The van der Waals surface area contributed by atoms with Crippen LogP contribution in [0, 0.1) is 6.92 Å². The Balaban J connectivity index is 2.03. The first-order chi connectivity index (χ1) is 9.58. The number of rotatable bonds is 3. The highest BCUT2D eigenvalue weighted by Gasteiger charge is 2.07. The maximum atomic E-state index is 11.8. The van der Waals surface area contributed by atoms with E-state index in [0.717, 1.165) is 5.56 Å². The van der Waals surface area contributed by atoms with Crippen LogP contribution in [0.5, 0.6) is 11.5 Å². The third kappa shape index (κ3) is 3.65. The second-order valence-corrected chi connectivity index (χ2v) is 4.59. The molecule has 1 N–H and O–H groups in total. The van der Waals surface area contributed by atoms with E-state index in [9.17, 15) is 4.79 Å². The van der Waals surface area contributed by atoms with Gasteiger partial charge < -0.3 is 9.47 Å². The molecule has 0 fully saturated rings. The minimum absolute atomic E-state index is 0.433. The third-order valence-corrected chi connectivity index (χ3v) is 2.94. The summed E-state index contributed by atoms with van der Waals surface area (Å²) in [4.78, 5) is 11.8. The number of amides is 1. The van der Waals surface area contributed by atoms with Gasteiger partial charge in [-0.25, -0.2) is 4.79 Å². The zero-order valence-corrected chi connectivity index (χ0v) is 11.9. The maximum Gasteiger partial charge on any atom is 0.417 e. The van der Waals surface area contributed by atoms with Gasteiger partial charge in [0.05, 0.1) is 7.11 Å². The van der Waals surface area contributed by atoms with Crippen LogP contribution in [0.1, 0.15) is 5.56 Å². The fourth-order valence-corrected chi connectivity index (χ4v) is 1.79. The molecule has 0 radical (unpaired) electrons. The molecule has 5 heteroatoms. The van der Waals surface area contributed by atoms with E-state index in [4.69, 9.17) is 21.1 Å². The number of hydrogen-bond donors (Lipinski definition) is 1. The molecule has 0 saturated carbocycles. The normalized spacial score (nSPS) is 9.95. The molecule has 0 aliphatic carbocycles. The minimum atomic E-state index is -0.569. The van der Waals surface area contributed by atoms with Crippen molar-refractivity contribution in [1.29, 1.82) is 0 Å². The molecule has 0 unspecified atom stereocenters. The van der Waals surface area contributed by atoms with Crippen molar-refractivity contribution < 1.29 is 14.3 Å². The smallest absolute Gasteiger partial charge is 0.417 e. The highest BCUT2D eigenvalue weighted by Crippen LogP contribution is 2.21. The second-order valence-electron chi connectivity index (χ2n) is 4.15. The summed E-state index contributed by atoms with van der Waals surface area (Å²) in [5.41, 5.74) is 1.53. The Kier molecular flexibility index (Phi) is 4.48. The Hall–Kier alpha value is -2.20. The Morgan fingerprint density at radius 2 is 1.75 bits per heavy atom. The summed E-state index contributed by atoms with van der Waals surface area (Å²) in [6, 6.07) is 12.0. The molecule has 1 amide bonds. The third-order valence-electron chi connectivity index (χ3n) is 2.71. The maximum absolute atomic E-state index is 11.8. The van der Waals surface area contributed by atoms with Gasteiger partial charge in [-0.2, -0.15) is 0 Å². The van der Waals surface area contributed by atoms with Crippen LogP contribution >= 0.6 is 11.6 Å². The number of carbonyl (C=O) groups excluding carboxylic acids is 1. The van der Waals surface area contributed by atoms with E-state index in [1.165, 1.54) is 0 Å². The van der Waals surface area contributed by atoms with Gasteiger partial charge in [0, 0.05) is 10.7 Å². The summed E-state index contributed by atoms with van der Waals surface area (Å²) in [7, 11) is 1.57. The highest BCUT2D eigenvalue weighted by atomic mass is 35.5. The lowest BCUT2D eigenvalue weighted by Gasteiger charge is -2.09. The van der Waals surface area contributed by atoms with Crippen molar-refractivity contribution in [2.45, 2.75) is 6.92 Å². The standard InChI is InChI=1S/C15H14ClNO3/c1-10-3-4-11(16)9-14(10)17-15(18)20-13-7-5-12(19-2)6-8-13/h3-9H,1-2H3,(H,17,18). The predicted molar refractivity (Wildman–Crippen MR) is 78.8 cm³/mol. The van der Waals surface area contributed by atoms with E-state index in [0.29, 0.717) is 22.2 Å². The number of carbonyl (C=O) groups is 1. The van der Waals surface area contributed by atoms with Gasteiger partial charge in [-0.15, -0.1) is 0 Å². The largest absolute Gasteiger partial charge is 0.497 e. The average Bonchev–Trinajstić information content (AvgIpc) is 2.43. The number of nitrogens with one attached hydrogen (secondary N) is 1. The van der Waals surface area contributed by atoms with E-state index in [1.807, 2.05) is 13.0 Å². The lowest BCUT2D eigenvalue weighted by Crippen LogP contribution is -2.17. The molecule has 0 atom stereocenters. The van der Waals surface area contributed by atoms with Gasteiger partial charge in [0.15, 0.2) is 0 Å². The summed E-state index contributed by atoms with van der Waals surface area (Å²) in [5.74, 6) is 1.13.